The molecule has 1 amide bonds. The average Bonchev–Trinajstić information content (AvgIpc) is 3.03. The Kier molecular flexibility index (Phi) is 4.50. The number of nitrogens with zero attached hydrogens (tertiary/aromatic N) is 2. The van der Waals surface area contributed by atoms with Crippen LogP contribution in [0, 0.1) is 6.92 Å². The van der Waals surface area contributed by atoms with Crippen molar-refractivity contribution in [3.8, 4) is 5.75 Å². The standard InChI is InChI=1S/C20H20N4O3/c1-13-6-7-16-17(10-13)27-20(26)12-24(16)11-19(25)21-9-8-18-22-14-4-2-3-5-15(14)23-18/h2-7,10H,8-9,11-12H2,1H3,(H,21,25)(H,22,23). The van der Waals surface area contributed by atoms with Gasteiger partial charge in [-0.15, -0.1) is 0 Å². The fourth-order valence-electron chi connectivity index (χ4n) is 3.17. The second-order valence-electron chi connectivity index (χ2n) is 6.60. The highest BCUT2D eigenvalue weighted by molar-refractivity contribution is 5.89. The Balaban J connectivity index is 1.35. The van der Waals surface area contributed by atoms with E-state index in [0.29, 0.717) is 18.7 Å². The van der Waals surface area contributed by atoms with Crippen molar-refractivity contribution in [1.82, 2.24) is 15.3 Å². The van der Waals surface area contributed by atoms with Crippen molar-refractivity contribution in [1.29, 1.82) is 0 Å². The van der Waals surface area contributed by atoms with Crippen molar-refractivity contribution in [3.05, 3.63) is 53.9 Å². The number of H-pyrrole nitrogens is 1. The van der Waals surface area contributed by atoms with Crippen LogP contribution in [0.5, 0.6) is 5.75 Å². The number of aromatic nitrogens is 2. The van der Waals surface area contributed by atoms with E-state index in [2.05, 4.69) is 15.3 Å². The Morgan fingerprint density at radius 3 is 3.00 bits per heavy atom. The van der Waals surface area contributed by atoms with Crippen LogP contribution in [0.25, 0.3) is 11.0 Å². The molecule has 3 aromatic rings. The van der Waals surface area contributed by atoms with Crippen LogP contribution in [0.3, 0.4) is 0 Å². The third kappa shape index (κ3) is 3.76. The lowest BCUT2D eigenvalue weighted by Gasteiger charge is -2.29. The molecule has 2 aromatic carbocycles. The highest BCUT2D eigenvalue weighted by Gasteiger charge is 2.25. The predicted molar refractivity (Wildman–Crippen MR) is 102 cm³/mol. The number of amides is 1. The first-order valence-electron chi connectivity index (χ1n) is 8.85. The lowest BCUT2D eigenvalue weighted by atomic mass is 10.1. The van der Waals surface area contributed by atoms with E-state index in [4.69, 9.17) is 4.74 Å². The molecule has 0 spiro atoms. The first-order valence-corrected chi connectivity index (χ1v) is 8.85. The Morgan fingerprint density at radius 2 is 2.15 bits per heavy atom. The van der Waals surface area contributed by atoms with E-state index in [1.165, 1.54) is 0 Å². The number of hydrogen-bond donors (Lipinski definition) is 2. The Hall–Kier alpha value is -3.35. The molecule has 0 radical (unpaired) electrons. The van der Waals surface area contributed by atoms with Crippen molar-refractivity contribution in [3.63, 3.8) is 0 Å². The van der Waals surface area contributed by atoms with Gasteiger partial charge >= 0.3 is 5.97 Å². The first-order chi connectivity index (χ1) is 13.1. The maximum absolute atomic E-state index is 12.3. The van der Waals surface area contributed by atoms with Gasteiger partial charge in [0.1, 0.15) is 12.4 Å². The molecular weight excluding hydrogens is 344 g/mol. The maximum Gasteiger partial charge on any atom is 0.331 e. The number of anilines is 1. The van der Waals surface area contributed by atoms with E-state index in [1.54, 1.807) is 11.0 Å². The lowest BCUT2D eigenvalue weighted by molar-refractivity contribution is -0.133. The molecule has 1 aliphatic rings. The molecule has 0 atom stereocenters. The quantitative estimate of drug-likeness (QED) is 0.534. The van der Waals surface area contributed by atoms with Crippen molar-refractivity contribution < 1.29 is 14.3 Å². The molecular formula is C20H20N4O3. The Labute approximate surface area is 156 Å². The van der Waals surface area contributed by atoms with Crippen LogP contribution in [0.2, 0.25) is 0 Å². The van der Waals surface area contributed by atoms with E-state index >= 15 is 0 Å². The van der Waals surface area contributed by atoms with Crippen LogP contribution in [-0.4, -0.2) is 41.5 Å². The smallest absolute Gasteiger partial charge is 0.331 e. The molecule has 2 N–H and O–H groups in total. The van der Waals surface area contributed by atoms with Gasteiger partial charge in [-0.05, 0) is 36.8 Å². The van der Waals surface area contributed by atoms with Gasteiger partial charge in [0.25, 0.3) is 0 Å². The van der Waals surface area contributed by atoms with Gasteiger partial charge < -0.3 is 19.9 Å². The van der Waals surface area contributed by atoms with Gasteiger partial charge in [-0.3, -0.25) is 4.79 Å². The van der Waals surface area contributed by atoms with E-state index in [1.807, 2.05) is 43.3 Å². The first kappa shape index (κ1) is 17.1. The predicted octanol–water partition coefficient (Wildman–Crippen LogP) is 1.96. The van der Waals surface area contributed by atoms with Crippen LogP contribution >= 0.6 is 0 Å². The number of fused-ring (bicyclic) bond motifs is 2. The van der Waals surface area contributed by atoms with Gasteiger partial charge in [-0.25, -0.2) is 9.78 Å². The van der Waals surface area contributed by atoms with Crippen molar-refractivity contribution in [2.24, 2.45) is 0 Å². The normalized spacial score (nSPS) is 13.4. The molecule has 7 heteroatoms. The summed E-state index contributed by atoms with van der Waals surface area (Å²) in [5.41, 5.74) is 3.65. The minimum Gasteiger partial charge on any atom is -0.423 e. The monoisotopic (exact) mass is 364 g/mol. The van der Waals surface area contributed by atoms with Crippen molar-refractivity contribution in [2.75, 3.05) is 24.5 Å². The molecule has 0 aliphatic carbocycles. The second kappa shape index (κ2) is 7.11. The summed E-state index contributed by atoms with van der Waals surface area (Å²) in [6.45, 7) is 2.56. The van der Waals surface area contributed by atoms with Crippen LogP contribution in [0.15, 0.2) is 42.5 Å². The van der Waals surface area contributed by atoms with Crippen molar-refractivity contribution in [2.45, 2.75) is 13.3 Å². The summed E-state index contributed by atoms with van der Waals surface area (Å²) in [7, 11) is 0. The number of carbonyl (C=O) groups is 2. The van der Waals surface area contributed by atoms with Gasteiger partial charge in [0.2, 0.25) is 5.91 Å². The highest BCUT2D eigenvalue weighted by atomic mass is 16.5. The fourth-order valence-corrected chi connectivity index (χ4v) is 3.17. The molecule has 1 aromatic heterocycles. The SMILES string of the molecule is Cc1ccc2c(c1)OC(=O)CN2CC(=O)NCCc1nc2ccccc2[nH]1. The van der Waals surface area contributed by atoms with Gasteiger partial charge in [-0.1, -0.05) is 18.2 Å². The molecule has 4 rings (SSSR count). The van der Waals surface area contributed by atoms with E-state index in [9.17, 15) is 9.59 Å². The molecule has 0 saturated carbocycles. The molecule has 0 unspecified atom stereocenters. The highest BCUT2D eigenvalue weighted by Crippen LogP contribution is 2.32. The number of aryl methyl sites for hydroxylation is 1. The van der Waals surface area contributed by atoms with Crippen LogP contribution in [-0.2, 0) is 16.0 Å². The van der Waals surface area contributed by atoms with Crippen LogP contribution in [0.1, 0.15) is 11.4 Å². The Morgan fingerprint density at radius 1 is 1.30 bits per heavy atom. The molecule has 138 valence electrons. The molecule has 0 bridgehead atoms. The zero-order valence-corrected chi connectivity index (χ0v) is 15.0. The lowest BCUT2D eigenvalue weighted by Crippen LogP contribution is -2.43. The number of rotatable bonds is 5. The third-order valence-corrected chi connectivity index (χ3v) is 4.46. The molecule has 7 nitrogen and oxygen atoms in total. The summed E-state index contributed by atoms with van der Waals surface area (Å²) < 4.78 is 5.27. The van der Waals surface area contributed by atoms with Crippen LogP contribution in [0.4, 0.5) is 5.69 Å². The molecule has 1 aliphatic heterocycles. The van der Waals surface area contributed by atoms with Gasteiger partial charge in [0.05, 0.1) is 23.3 Å². The second-order valence-corrected chi connectivity index (χ2v) is 6.60. The minimum atomic E-state index is -0.358. The van der Waals surface area contributed by atoms with E-state index < -0.39 is 0 Å². The van der Waals surface area contributed by atoms with Gasteiger partial charge in [0, 0.05) is 13.0 Å². The number of benzene rings is 2. The zero-order valence-electron chi connectivity index (χ0n) is 15.0. The number of carbonyl (C=O) groups excluding carboxylic acids is 2. The van der Waals surface area contributed by atoms with Crippen molar-refractivity contribution >= 4 is 28.6 Å². The number of nitrogens with one attached hydrogen (secondary N) is 2. The third-order valence-electron chi connectivity index (χ3n) is 4.46. The summed E-state index contributed by atoms with van der Waals surface area (Å²) in [5, 5.41) is 2.89. The number of imidazole rings is 1. The summed E-state index contributed by atoms with van der Waals surface area (Å²) in [4.78, 5) is 33.6. The molecule has 0 saturated heterocycles. The molecule has 2 heterocycles. The van der Waals surface area contributed by atoms with Crippen LogP contribution < -0.4 is 15.0 Å². The summed E-state index contributed by atoms with van der Waals surface area (Å²) in [5.74, 6) is 0.829. The summed E-state index contributed by atoms with van der Waals surface area (Å²) >= 11 is 0. The molecule has 27 heavy (non-hydrogen) atoms. The zero-order chi connectivity index (χ0) is 18.8. The average molecular weight is 364 g/mol. The number of ether oxygens (including phenoxy) is 1. The number of aromatic amines is 1. The number of esters is 1. The minimum absolute atomic E-state index is 0.0626. The summed E-state index contributed by atoms with van der Waals surface area (Å²) in [6, 6.07) is 13.4. The topological polar surface area (TPSA) is 87.3 Å². The summed E-state index contributed by atoms with van der Waals surface area (Å²) in [6.07, 6.45) is 0.609. The Bertz CT molecular complexity index is 978. The maximum atomic E-state index is 12.3. The molecule has 0 fully saturated rings. The number of hydrogen-bond acceptors (Lipinski definition) is 5. The van der Waals surface area contributed by atoms with Gasteiger partial charge in [0.15, 0.2) is 5.75 Å². The van der Waals surface area contributed by atoms with E-state index in [-0.39, 0.29) is 25.0 Å². The largest absolute Gasteiger partial charge is 0.423 e. The fraction of sp³-hybridized carbons (Fsp3) is 0.250. The van der Waals surface area contributed by atoms with E-state index in [0.717, 1.165) is 28.1 Å². The number of para-hydroxylation sites is 2. The van der Waals surface area contributed by atoms with Gasteiger partial charge in [-0.2, -0.15) is 0 Å².